The molecule has 1 unspecified atom stereocenters. The lowest BCUT2D eigenvalue weighted by atomic mass is 9.96. The zero-order chi connectivity index (χ0) is 13.9. The van der Waals surface area contributed by atoms with E-state index in [9.17, 15) is 0 Å². The summed E-state index contributed by atoms with van der Waals surface area (Å²) in [6.07, 6.45) is 0.857. The molecule has 2 aromatic rings. The number of hydrazine groups is 1. The predicted molar refractivity (Wildman–Crippen MR) is 82.8 cm³/mol. The Balaban J connectivity index is 1.83. The van der Waals surface area contributed by atoms with Crippen LogP contribution in [0.25, 0.3) is 0 Å². The molecule has 0 aromatic heterocycles. The van der Waals surface area contributed by atoms with E-state index in [0.717, 1.165) is 17.5 Å². The topological polar surface area (TPSA) is 47.3 Å². The molecule has 0 bridgehead atoms. The van der Waals surface area contributed by atoms with Crippen LogP contribution in [0.5, 0.6) is 0 Å². The van der Waals surface area contributed by atoms with Crippen LogP contribution in [-0.2, 0) is 24.4 Å². The van der Waals surface area contributed by atoms with Crippen LogP contribution >= 0.6 is 15.9 Å². The van der Waals surface area contributed by atoms with Gasteiger partial charge in [0.1, 0.15) is 0 Å². The van der Waals surface area contributed by atoms with Crippen molar-refractivity contribution < 1.29 is 4.74 Å². The average molecular weight is 333 g/mol. The maximum absolute atomic E-state index is 5.74. The van der Waals surface area contributed by atoms with Gasteiger partial charge in [0.05, 0.1) is 13.2 Å². The summed E-state index contributed by atoms with van der Waals surface area (Å²) in [5, 5.41) is 0. The molecule has 3 nitrogen and oxygen atoms in total. The molecule has 0 radical (unpaired) electrons. The Morgan fingerprint density at radius 3 is 2.80 bits per heavy atom. The molecule has 3 rings (SSSR count). The summed E-state index contributed by atoms with van der Waals surface area (Å²) >= 11 is 3.50. The van der Waals surface area contributed by atoms with Crippen LogP contribution in [0.2, 0.25) is 0 Å². The summed E-state index contributed by atoms with van der Waals surface area (Å²) in [5.74, 6) is 5.74. The first-order valence-corrected chi connectivity index (χ1v) is 7.45. The van der Waals surface area contributed by atoms with Gasteiger partial charge in [-0.15, -0.1) is 0 Å². The van der Waals surface area contributed by atoms with Crippen molar-refractivity contribution in [1.82, 2.24) is 5.43 Å². The Kier molecular flexibility index (Phi) is 4.17. The summed E-state index contributed by atoms with van der Waals surface area (Å²) in [6.45, 7) is 1.43. The number of rotatable bonds is 4. The molecular weight excluding hydrogens is 316 g/mol. The summed E-state index contributed by atoms with van der Waals surface area (Å²) in [6, 6.07) is 14.9. The van der Waals surface area contributed by atoms with Crippen LogP contribution < -0.4 is 11.3 Å². The summed E-state index contributed by atoms with van der Waals surface area (Å²) in [5.41, 5.74) is 7.94. The molecule has 0 fully saturated rings. The second kappa shape index (κ2) is 6.06. The first kappa shape index (κ1) is 13.8. The lowest BCUT2D eigenvalue weighted by Crippen LogP contribution is -2.29. The molecule has 4 heteroatoms. The fraction of sp³-hybridized carbons (Fsp3) is 0.250. The summed E-state index contributed by atoms with van der Waals surface area (Å²) in [7, 11) is 0. The highest BCUT2D eigenvalue weighted by molar-refractivity contribution is 9.10. The van der Waals surface area contributed by atoms with E-state index in [1.165, 1.54) is 22.3 Å². The molecule has 0 saturated heterocycles. The molecule has 0 saturated carbocycles. The Labute approximate surface area is 127 Å². The van der Waals surface area contributed by atoms with Crippen LogP contribution in [0.3, 0.4) is 0 Å². The Hall–Kier alpha value is -1.20. The van der Waals surface area contributed by atoms with Crippen LogP contribution in [-0.4, -0.2) is 0 Å². The smallest absolute Gasteiger partial charge is 0.0725 e. The highest BCUT2D eigenvalue weighted by Crippen LogP contribution is 2.26. The number of ether oxygens (including phenoxy) is 1. The minimum atomic E-state index is 0.107. The fourth-order valence-electron chi connectivity index (χ4n) is 2.58. The molecule has 1 aliphatic heterocycles. The van der Waals surface area contributed by atoms with Gasteiger partial charge in [0.25, 0.3) is 0 Å². The maximum Gasteiger partial charge on any atom is 0.0725 e. The number of fused-ring (bicyclic) bond motifs is 1. The molecular formula is C16H17BrN2O. The second-order valence-electron chi connectivity index (χ2n) is 5.07. The molecule has 0 spiro atoms. The van der Waals surface area contributed by atoms with Gasteiger partial charge < -0.3 is 4.74 Å². The second-order valence-corrected chi connectivity index (χ2v) is 5.99. The van der Waals surface area contributed by atoms with Crippen LogP contribution in [0.15, 0.2) is 46.9 Å². The van der Waals surface area contributed by atoms with Gasteiger partial charge in [-0.3, -0.25) is 11.3 Å². The van der Waals surface area contributed by atoms with Gasteiger partial charge >= 0.3 is 0 Å². The van der Waals surface area contributed by atoms with E-state index < -0.39 is 0 Å². The van der Waals surface area contributed by atoms with Crippen molar-refractivity contribution in [3.63, 3.8) is 0 Å². The maximum atomic E-state index is 5.74. The Morgan fingerprint density at radius 2 is 2.00 bits per heavy atom. The zero-order valence-corrected chi connectivity index (χ0v) is 12.7. The number of benzene rings is 2. The van der Waals surface area contributed by atoms with Gasteiger partial charge in [-0.25, -0.2) is 0 Å². The molecule has 1 heterocycles. The summed E-state index contributed by atoms with van der Waals surface area (Å²) in [4.78, 5) is 0. The largest absolute Gasteiger partial charge is 0.372 e. The van der Waals surface area contributed by atoms with Crippen molar-refractivity contribution in [2.45, 2.75) is 25.7 Å². The van der Waals surface area contributed by atoms with E-state index in [4.69, 9.17) is 10.6 Å². The number of nitrogens with one attached hydrogen (secondary N) is 1. The first-order chi connectivity index (χ1) is 9.76. The molecule has 2 aromatic carbocycles. The molecule has 3 N–H and O–H groups in total. The normalized spacial score (nSPS) is 15.1. The van der Waals surface area contributed by atoms with Gasteiger partial charge in [0, 0.05) is 10.5 Å². The fourth-order valence-corrected chi connectivity index (χ4v) is 3.03. The lowest BCUT2D eigenvalue weighted by Gasteiger charge is -2.17. The van der Waals surface area contributed by atoms with Crippen molar-refractivity contribution in [3.05, 3.63) is 69.2 Å². The third kappa shape index (κ3) is 2.94. The third-order valence-corrected chi connectivity index (χ3v) is 4.17. The van der Waals surface area contributed by atoms with E-state index in [1.807, 2.05) is 12.1 Å². The van der Waals surface area contributed by atoms with Gasteiger partial charge in [0.15, 0.2) is 0 Å². The van der Waals surface area contributed by atoms with E-state index in [-0.39, 0.29) is 6.04 Å². The van der Waals surface area contributed by atoms with Gasteiger partial charge in [-0.2, -0.15) is 0 Å². The van der Waals surface area contributed by atoms with Crippen molar-refractivity contribution in [2.24, 2.45) is 5.84 Å². The van der Waals surface area contributed by atoms with E-state index in [1.54, 1.807) is 0 Å². The third-order valence-electron chi connectivity index (χ3n) is 3.68. The van der Waals surface area contributed by atoms with Gasteiger partial charge in [0.2, 0.25) is 0 Å². The highest BCUT2D eigenvalue weighted by atomic mass is 79.9. The van der Waals surface area contributed by atoms with Crippen LogP contribution in [0, 0.1) is 0 Å². The Morgan fingerprint density at radius 1 is 1.15 bits per heavy atom. The SMILES string of the molecule is NNC(Cc1cccc(Br)c1)c1ccc2c(c1)COC2. The highest BCUT2D eigenvalue weighted by Gasteiger charge is 2.16. The molecule has 20 heavy (non-hydrogen) atoms. The predicted octanol–water partition coefficient (Wildman–Crippen LogP) is 3.23. The van der Waals surface area contributed by atoms with Crippen LogP contribution in [0.1, 0.15) is 28.3 Å². The molecule has 0 aliphatic carbocycles. The van der Waals surface area contributed by atoms with Gasteiger partial charge in [-0.1, -0.05) is 46.3 Å². The molecule has 104 valence electrons. The van der Waals surface area contributed by atoms with Crippen molar-refractivity contribution >= 4 is 15.9 Å². The quantitative estimate of drug-likeness (QED) is 0.667. The lowest BCUT2D eigenvalue weighted by molar-refractivity contribution is 0.134. The van der Waals surface area contributed by atoms with Crippen molar-refractivity contribution in [2.75, 3.05) is 0 Å². The van der Waals surface area contributed by atoms with E-state index >= 15 is 0 Å². The van der Waals surface area contributed by atoms with Crippen LogP contribution in [0.4, 0.5) is 0 Å². The standard InChI is InChI=1S/C16H17BrN2O/c17-15-3-1-2-11(6-15)7-16(19-18)12-4-5-13-9-20-10-14(13)8-12/h1-6,8,16,19H,7,9-10,18H2. The zero-order valence-electron chi connectivity index (χ0n) is 11.1. The number of halogens is 1. The van der Waals surface area contributed by atoms with Gasteiger partial charge in [-0.05, 0) is 40.8 Å². The minimum Gasteiger partial charge on any atom is -0.372 e. The molecule has 1 atom stereocenters. The Bertz CT molecular complexity index is 615. The number of hydrogen-bond acceptors (Lipinski definition) is 3. The molecule has 0 amide bonds. The number of nitrogens with two attached hydrogens (primary N) is 1. The first-order valence-electron chi connectivity index (χ1n) is 6.66. The molecule has 1 aliphatic rings. The van der Waals surface area contributed by atoms with Crippen molar-refractivity contribution in [3.8, 4) is 0 Å². The van der Waals surface area contributed by atoms with E-state index in [0.29, 0.717) is 6.61 Å². The average Bonchev–Trinajstić information content (AvgIpc) is 2.92. The summed E-state index contributed by atoms with van der Waals surface area (Å²) < 4.78 is 6.55. The van der Waals surface area contributed by atoms with Crippen molar-refractivity contribution in [1.29, 1.82) is 0 Å². The minimum absolute atomic E-state index is 0.107. The number of hydrogen-bond donors (Lipinski definition) is 2. The monoisotopic (exact) mass is 332 g/mol. The van der Waals surface area contributed by atoms with E-state index in [2.05, 4.69) is 51.7 Å².